The van der Waals surface area contributed by atoms with Crippen LogP contribution in [-0.2, 0) is 16.6 Å². The van der Waals surface area contributed by atoms with Crippen molar-refractivity contribution in [2.75, 3.05) is 20.2 Å². The zero-order valence-electron chi connectivity index (χ0n) is 21.5. The van der Waals surface area contributed by atoms with Gasteiger partial charge in [-0.25, -0.2) is 0 Å². The molecule has 4 bridgehead atoms. The summed E-state index contributed by atoms with van der Waals surface area (Å²) in [5.74, 6) is 1.80. The Kier molecular flexibility index (Phi) is 4.08. The van der Waals surface area contributed by atoms with Gasteiger partial charge in [-0.2, -0.15) is 0 Å². The van der Waals surface area contributed by atoms with Crippen LogP contribution in [0.3, 0.4) is 0 Å². The van der Waals surface area contributed by atoms with E-state index in [9.17, 15) is 10.2 Å². The van der Waals surface area contributed by atoms with Crippen LogP contribution in [0.1, 0.15) is 77.3 Å². The van der Waals surface area contributed by atoms with Crippen LogP contribution in [0.5, 0.6) is 11.5 Å². The third-order valence-electron chi connectivity index (χ3n) is 11.9. The smallest absolute Gasteiger partial charge is 0.165 e. The first-order valence-electron chi connectivity index (χ1n) is 13.6. The van der Waals surface area contributed by atoms with Gasteiger partial charge in [0.05, 0.1) is 5.60 Å². The Morgan fingerprint density at radius 3 is 2.59 bits per heavy atom. The van der Waals surface area contributed by atoms with Crippen molar-refractivity contribution in [3.8, 4) is 11.5 Å². The molecule has 5 fully saturated rings. The van der Waals surface area contributed by atoms with E-state index in [1.165, 1.54) is 30.5 Å². The molecule has 2 heterocycles. The Hall–Kier alpha value is -1.30. The van der Waals surface area contributed by atoms with Crippen LogP contribution in [0, 0.1) is 22.7 Å². The van der Waals surface area contributed by atoms with Gasteiger partial charge in [0.1, 0.15) is 11.7 Å². The number of aromatic hydroxyl groups is 1. The molecule has 34 heavy (non-hydrogen) atoms. The Bertz CT molecular complexity index is 1060. The number of likely N-dealkylation sites (tertiary alicyclic amines) is 1. The maximum absolute atomic E-state index is 12.2. The highest BCUT2D eigenvalue weighted by molar-refractivity contribution is 5.63. The molecule has 2 spiro atoms. The Balaban J connectivity index is 1.47. The maximum atomic E-state index is 12.2. The van der Waals surface area contributed by atoms with E-state index < -0.39 is 11.2 Å². The predicted molar refractivity (Wildman–Crippen MR) is 130 cm³/mol. The number of benzene rings is 1. The molecule has 3 unspecified atom stereocenters. The maximum Gasteiger partial charge on any atom is 0.165 e. The molecule has 1 aromatic carbocycles. The molecule has 8 rings (SSSR count). The number of piperidine rings is 1. The highest BCUT2D eigenvalue weighted by atomic mass is 16.6. The predicted octanol–water partition coefficient (Wildman–Crippen LogP) is 4.41. The second kappa shape index (κ2) is 6.33. The zero-order valence-corrected chi connectivity index (χ0v) is 21.5. The van der Waals surface area contributed by atoms with Crippen LogP contribution >= 0.6 is 0 Å². The molecule has 5 nitrogen and oxygen atoms in total. The first-order chi connectivity index (χ1) is 16.0. The van der Waals surface area contributed by atoms with E-state index in [1.807, 2.05) is 20.1 Å². The van der Waals surface area contributed by atoms with E-state index >= 15 is 0 Å². The van der Waals surface area contributed by atoms with Crippen molar-refractivity contribution in [3.05, 3.63) is 23.3 Å². The van der Waals surface area contributed by atoms with Crippen molar-refractivity contribution in [3.63, 3.8) is 0 Å². The fourth-order valence-corrected chi connectivity index (χ4v) is 9.58. The first kappa shape index (κ1) is 21.9. The van der Waals surface area contributed by atoms with Gasteiger partial charge in [-0.05, 0) is 81.4 Å². The summed E-state index contributed by atoms with van der Waals surface area (Å²) in [5, 5.41) is 23.2. The molecule has 1 saturated heterocycles. The molecule has 0 amide bonds. The lowest BCUT2D eigenvalue weighted by atomic mass is 9.33. The topological polar surface area (TPSA) is 62.2 Å². The largest absolute Gasteiger partial charge is 0.504 e. The minimum atomic E-state index is -0.909. The van der Waals surface area contributed by atoms with Crippen LogP contribution in [0.15, 0.2) is 12.1 Å². The van der Waals surface area contributed by atoms with Crippen LogP contribution in [0.2, 0.25) is 0 Å². The van der Waals surface area contributed by atoms with E-state index in [0.717, 1.165) is 44.6 Å². The molecule has 4 saturated carbocycles. The number of ether oxygens (including phenoxy) is 2. The van der Waals surface area contributed by atoms with Crippen LogP contribution in [0.4, 0.5) is 0 Å². The average molecular weight is 468 g/mol. The van der Waals surface area contributed by atoms with Crippen LogP contribution in [-0.4, -0.2) is 58.7 Å². The third-order valence-corrected chi connectivity index (χ3v) is 11.9. The lowest BCUT2D eigenvalue weighted by Gasteiger charge is -2.75. The van der Waals surface area contributed by atoms with Crippen LogP contribution in [0.25, 0.3) is 0 Å². The van der Waals surface area contributed by atoms with Crippen molar-refractivity contribution >= 4 is 0 Å². The molecule has 0 aromatic heterocycles. The molecule has 2 N–H and O–H groups in total. The van der Waals surface area contributed by atoms with Gasteiger partial charge in [-0.3, -0.25) is 4.90 Å². The van der Waals surface area contributed by atoms with Gasteiger partial charge in [0.2, 0.25) is 0 Å². The summed E-state index contributed by atoms with van der Waals surface area (Å²) in [6.45, 7) is 10.8. The number of methoxy groups -OCH3 is 1. The van der Waals surface area contributed by atoms with E-state index in [-0.39, 0.29) is 34.0 Å². The Morgan fingerprint density at radius 2 is 1.91 bits per heavy atom. The van der Waals surface area contributed by atoms with Gasteiger partial charge in [0, 0.05) is 42.0 Å². The first-order valence-corrected chi connectivity index (χ1v) is 13.6. The summed E-state index contributed by atoms with van der Waals surface area (Å²) in [7, 11) is 1.83. The summed E-state index contributed by atoms with van der Waals surface area (Å²) in [6, 6.07) is 4.46. The standard InChI is InChI=1S/C29H41NO4/c1-25(2,3)26(4,32)20-15-27-10-11-29(20,33-5)24-28(27)12-13-30(16-17-6-7-17)21(27)14-18-8-9-19(31)23(34-24)22(18)28/h8-9,17,20-21,24,31-32H,6-7,10-16H2,1-5H3/t20?,21-,24-,26+,27?,28+,29?/m1/s1. The Labute approximate surface area is 203 Å². The van der Waals surface area contributed by atoms with Crippen LogP contribution < -0.4 is 4.74 Å². The van der Waals surface area contributed by atoms with Crippen molar-refractivity contribution < 1.29 is 19.7 Å². The van der Waals surface area contributed by atoms with Crippen molar-refractivity contribution in [2.45, 2.75) is 101 Å². The van der Waals surface area contributed by atoms with E-state index in [2.05, 4.69) is 31.7 Å². The van der Waals surface area contributed by atoms with Crippen molar-refractivity contribution in [2.24, 2.45) is 22.7 Å². The number of hydrogen-bond acceptors (Lipinski definition) is 5. The summed E-state index contributed by atoms with van der Waals surface area (Å²) < 4.78 is 13.5. The van der Waals surface area contributed by atoms with Gasteiger partial charge in [-0.1, -0.05) is 26.8 Å². The van der Waals surface area contributed by atoms with Crippen molar-refractivity contribution in [1.29, 1.82) is 0 Å². The fourth-order valence-electron chi connectivity index (χ4n) is 9.58. The van der Waals surface area contributed by atoms with Crippen molar-refractivity contribution in [1.82, 2.24) is 4.90 Å². The van der Waals surface area contributed by atoms with Gasteiger partial charge in [-0.15, -0.1) is 0 Å². The molecule has 0 radical (unpaired) electrons. The molecule has 7 aliphatic rings. The lowest BCUT2D eigenvalue weighted by Crippen LogP contribution is -2.83. The minimum Gasteiger partial charge on any atom is -0.504 e. The molecule has 5 aliphatic carbocycles. The number of aliphatic hydroxyl groups is 1. The summed E-state index contributed by atoms with van der Waals surface area (Å²) >= 11 is 0. The molecular formula is C29H41NO4. The monoisotopic (exact) mass is 467 g/mol. The molecule has 186 valence electrons. The van der Waals surface area contributed by atoms with Gasteiger partial charge in [0.25, 0.3) is 0 Å². The second-order valence-corrected chi connectivity index (χ2v) is 13.8. The van der Waals surface area contributed by atoms with Gasteiger partial charge >= 0.3 is 0 Å². The highest BCUT2D eigenvalue weighted by Gasteiger charge is 2.82. The Morgan fingerprint density at radius 1 is 1.15 bits per heavy atom. The molecule has 7 atom stereocenters. The fraction of sp³-hybridized carbons (Fsp3) is 0.793. The van der Waals surface area contributed by atoms with E-state index in [4.69, 9.17) is 9.47 Å². The normalized spacial score (nSPS) is 43.9. The highest BCUT2D eigenvalue weighted by Crippen LogP contribution is 2.78. The molecular weight excluding hydrogens is 426 g/mol. The summed E-state index contributed by atoms with van der Waals surface area (Å²) in [5.41, 5.74) is 0.783. The number of phenolic OH excluding ortho intramolecular Hbond substituents is 1. The van der Waals surface area contributed by atoms with Gasteiger partial charge < -0.3 is 19.7 Å². The third kappa shape index (κ3) is 2.25. The zero-order chi connectivity index (χ0) is 23.9. The number of fused-ring (bicyclic) bond motifs is 2. The van der Waals surface area contributed by atoms with E-state index in [0.29, 0.717) is 11.8 Å². The number of nitrogens with zero attached hydrogens (tertiary/aromatic N) is 1. The number of hydrogen-bond donors (Lipinski definition) is 2. The SMILES string of the molecule is COC12CCC3(CC1[C@](C)(O)C(C)(C)C)[C@H]1Cc4ccc(O)c5c4[C@@]3(CCN1CC1CC1)[C@H]2O5. The number of rotatable bonds is 4. The summed E-state index contributed by atoms with van der Waals surface area (Å²) in [4.78, 5) is 2.82. The number of phenols is 1. The minimum absolute atomic E-state index is 0.0294. The second-order valence-electron chi connectivity index (χ2n) is 13.8. The molecule has 1 aromatic rings. The quantitative estimate of drug-likeness (QED) is 0.687. The van der Waals surface area contributed by atoms with E-state index in [1.54, 1.807) is 0 Å². The average Bonchev–Trinajstić information content (AvgIpc) is 3.53. The van der Waals surface area contributed by atoms with Gasteiger partial charge in [0.15, 0.2) is 11.5 Å². The lowest BCUT2D eigenvalue weighted by molar-refractivity contribution is -0.312. The summed E-state index contributed by atoms with van der Waals surface area (Å²) in [6.07, 6.45) is 7.64. The molecule has 5 heteroatoms. The molecule has 2 aliphatic heterocycles.